The highest BCUT2D eigenvalue weighted by Gasteiger charge is 2.30. The van der Waals surface area contributed by atoms with Crippen molar-refractivity contribution in [2.45, 2.75) is 39.2 Å². The van der Waals surface area contributed by atoms with Gasteiger partial charge >= 0.3 is 0 Å². The van der Waals surface area contributed by atoms with Gasteiger partial charge in [0.1, 0.15) is 11.3 Å². The third-order valence-electron chi connectivity index (χ3n) is 7.66. The number of amides is 1. The number of benzene rings is 1. The molecule has 10 heteroatoms. The van der Waals surface area contributed by atoms with Gasteiger partial charge in [0, 0.05) is 36.7 Å². The summed E-state index contributed by atoms with van der Waals surface area (Å²) in [5, 5.41) is 12.7. The molecule has 2 aliphatic heterocycles. The molecule has 5 heterocycles. The lowest BCUT2D eigenvalue weighted by Crippen LogP contribution is -2.39. The van der Waals surface area contributed by atoms with Crippen molar-refractivity contribution in [3.8, 4) is 11.5 Å². The van der Waals surface area contributed by atoms with Gasteiger partial charge in [-0.1, -0.05) is 17.7 Å². The van der Waals surface area contributed by atoms with Gasteiger partial charge in [-0.3, -0.25) is 19.2 Å². The van der Waals surface area contributed by atoms with E-state index < -0.39 is 5.56 Å². The number of H-pyrrole nitrogens is 1. The first-order valence-electron chi connectivity index (χ1n) is 12.8. The normalized spacial score (nSPS) is 17.3. The predicted molar refractivity (Wildman–Crippen MR) is 142 cm³/mol. The smallest absolute Gasteiger partial charge is 0.292 e. The first kappa shape index (κ1) is 23.5. The predicted octanol–water partition coefficient (Wildman–Crippen LogP) is 3.16. The Morgan fingerprint density at radius 3 is 2.73 bits per heavy atom. The van der Waals surface area contributed by atoms with Crippen molar-refractivity contribution in [1.82, 2.24) is 29.8 Å². The molecule has 4 aromatic rings. The highest BCUT2D eigenvalue weighted by molar-refractivity contribution is 6.01. The zero-order valence-corrected chi connectivity index (χ0v) is 21.2. The Morgan fingerprint density at radius 2 is 2.00 bits per heavy atom. The Balaban J connectivity index is 1.34. The van der Waals surface area contributed by atoms with Gasteiger partial charge in [0.15, 0.2) is 17.1 Å². The number of rotatable bonds is 5. The summed E-state index contributed by atoms with van der Waals surface area (Å²) in [5.74, 6) is 0.875. The first-order chi connectivity index (χ1) is 17.9. The fourth-order valence-electron chi connectivity index (χ4n) is 5.40. The molecule has 0 radical (unpaired) electrons. The summed E-state index contributed by atoms with van der Waals surface area (Å²) in [4.78, 5) is 29.6. The van der Waals surface area contributed by atoms with Gasteiger partial charge in [0.2, 0.25) is 5.91 Å². The Kier molecular flexibility index (Phi) is 5.83. The van der Waals surface area contributed by atoms with E-state index in [2.05, 4.69) is 21.2 Å². The number of fused-ring (bicyclic) bond motifs is 2. The summed E-state index contributed by atoms with van der Waals surface area (Å²) in [6, 6.07) is 6.03. The molecule has 0 spiro atoms. The molecule has 0 bridgehead atoms. The van der Waals surface area contributed by atoms with Crippen LogP contribution in [-0.2, 0) is 4.79 Å². The van der Waals surface area contributed by atoms with Crippen LogP contribution in [0, 0.1) is 13.8 Å². The molecule has 3 N–H and O–H groups in total. The second-order valence-electron chi connectivity index (χ2n) is 10.1. The summed E-state index contributed by atoms with van der Waals surface area (Å²) < 4.78 is 8.21. The lowest BCUT2D eigenvalue weighted by molar-refractivity contribution is -0.127. The zero-order chi connectivity index (χ0) is 25.7. The van der Waals surface area contributed by atoms with Crippen LogP contribution in [0.1, 0.15) is 36.4 Å². The van der Waals surface area contributed by atoms with Gasteiger partial charge < -0.3 is 15.1 Å². The number of hydrogen-bond donors (Lipinski definition) is 2. The molecule has 1 aromatic carbocycles. The van der Waals surface area contributed by atoms with E-state index in [1.165, 1.54) is 6.42 Å². The number of piperidine rings is 1. The molecule has 0 aliphatic carbocycles. The number of nitrogens with one attached hydrogen (secondary N) is 1. The molecule has 1 amide bonds. The summed E-state index contributed by atoms with van der Waals surface area (Å²) >= 11 is 0. The zero-order valence-electron chi connectivity index (χ0n) is 21.2. The minimum atomic E-state index is -0.395. The molecule has 2 aliphatic rings. The molecule has 3 aromatic heterocycles. The fourth-order valence-corrected chi connectivity index (χ4v) is 5.40. The van der Waals surface area contributed by atoms with Crippen LogP contribution in [0.15, 0.2) is 39.6 Å². The van der Waals surface area contributed by atoms with Crippen molar-refractivity contribution in [1.29, 1.82) is 0 Å². The second kappa shape index (κ2) is 9.19. The Labute approximate surface area is 213 Å². The number of aromatic amines is 1. The molecule has 0 unspecified atom stereocenters. The minimum absolute atomic E-state index is 0.0235. The van der Waals surface area contributed by atoms with E-state index in [4.69, 9.17) is 15.2 Å². The van der Waals surface area contributed by atoms with Crippen LogP contribution in [0.2, 0.25) is 0 Å². The number of aryl methyl sites for hydroxylation is 2. The molecule has 0 saturated carbocycles. The number of furan rings is 1. The number of aromatic nitrogens is 4. The summed E-state index contributed by atoms with van der Waals surface area (Å²) in [6.45, 7) is 8.31. The molecule has 0 atom stereocenters. The van der Waals surface area contributed by atoms with Crippen molar-refractivity contribution in [2.24, 2.45) is 0 Å². The molecule has 2 saturated heterocycles. The Morgan fingerprint density at radius 1 is 1.22 bits per heavy atom. The number of anilines is 1. The quantitative estimate of drug-likeness (QED) is 0.402. The van der Waals surface area contributed by atoms with Crippen LogP contribution >= 0.6 is 0 Å². The van der Waals surface area contributed by atoms with Crippen LogP contribution in [0.25, 0.3) is 33.3 Å². The maximum Gasteiger partial charge on any atom is 0.292 e. The number of hydrogen-bond acceptors (Lipinski definition) is 7. The molecule has 2 fully saturated rings. The number of likely N-dealkylation sites (tertiary alicyclic amines) is 2. The second-order valence-corrected chi connectivity index (χ2v) is 10.1. The van der Waals surface area contributed by atoms with Gasteiger partial charge in [-0.05, 0) is 58.3 Å². The van der Waals surface area contributed by atoms with Gasteiger partial charge in [0.25, 0.3) is 5.56 Å². The summed E-state index contributed by atoms with van der Waals surface area (Å²) in [7, 11) is 0. The van der Waals surface area contributed by atoms with Crippen LogP contribution in [0.3, 0.4) is 0 Å². The lowest BCUT2D eigenvalue weighted by atomic mass is 10.0. The number of carbonyl (C=O) groups is 1. The number of nitrogens with zero attached hydrogens (tertiary/aromatic N) is 5. The monoisotopic (exact) mass is 501 g/mol. The molecule has 192 valence electrons. The molecular weight excluding hydrogens is 470 g/mol. The van der Waals surface area contributed by atoms with Crippen LogP contribution in [0.4, 0.5) is 5.82 Å². The van der Waals surface area contributed by atoms with E-state index in [0.29, 0.717) is 42.8 Å². The standard InChI is InChI=1S/C27H31N7O3/c1-16-6-7-20-19(15-16)17(2)25(37-20)24-22-23(27(36)30-29-26(22)28)31-34(24)18-8-13-33(14-9-18)21(35)5-3-10-32-11-4-12-32/h3,5-7,15,18H,4,8-14H2,1-2H3,(H2,28,29)(H,30,36)/b5-3+. The minimum Gasteiger partial charge on any atom is -0.454 e. The molecule has 37 heavy (non-hydrogen) atoms. The highest BCUT2D eigenvalue weighted by atomic mass is 16.3. The van der Waals surface area contributed by atoms with Gasteiger partial charge in [-0.2, -0.15) is 10.2 Å². The van der Waals surface area contributed by atoms with E-state index in [9.17, 15) is 9.59 Å². The van der Waals surface area contributed by atoms with Crippen molar-refractivity contribution >= 4 is 33.6 Å². The van der Waals surface area contributed by atoms with Gasteiger partial charge in [0.05, 0.1) is 11.4 Å². The SMILES string of the molecule is Cc1ccc2oc(-c3c4c(N)n[nH]c(=O)c4nn3C3CCN(C(=O)/C=C/CN4CCC4)CC3)c(C)c2c1. The van der Waals surface area contributed by atoms with Crippen LogP contribution < -0.4 is 11.3 Å². The molecule has 6 rings (SSSR count). The van der Waals surface area contributed by atoms with Crippen molar-refractivity contribution in [3.05, 3.63) is 51.8 Å². The van der Waals surface area contributed by atoms with E-state index >= 15 is 0 Å². The Bertz CT molecular complexity index is 1580. The van der Waals surface area contributed by atoms with Crippen molar-refractivity contribution in [2.75, 3.05) is 38.5 Å². The average molecular weight is 502 g/mol. The van der Waals surface area contributed by atoms with E-state index in [1.807, 2.05) is 41.6 Å². The summed E-state index contributed by atoms with van der Waals surface area (Å²) in [6.07, 6.45) is 6.30. The Hall–Kier alpha value is -3.92. The third-order valence-corrected chi connectivity index (χ3v) is 7.66. The van der Waals surface area contributed by atoms with Crippen molar-refractivity contribution < 1.29 is 9.21 Å². The molecule has 10 nitrogen and oxygen atoms in total. The topological polar surface area (TPSA) is 126 Å². The first-order valence-corrected chi connectivity index (χ1v) is 12.8. The maximum absolute atomic E-state index is 12.7. The average Bonchev–Trinajstić information content (AvgIpc) is 3.42. The number of nitrogen functional groups attached to an aromatic ring is 1. The van der Waals surface area contributed by atoms with E-state index in [1.54, 1.807) is 6.08 Å². The van der Waals surface area contributed by atoms with Crippen molar-refractivity contribution in [3.63, 3.8) is 0 Å². The van der Waals surface area contributed by atoms with E-state index in [0.717, 1.165) is 41.7 Å². The summed E-state index contributed by atoms with van der Waals surface area (Å²) in [5.41, 5.74) is 9.65. The number of carbonyl (C=O) groups excluding carboxylic acids is 1. The largest absolute Gasteiger partial charge is 0.454 e. The third kappa shape index (κ3) is 4.11. The lowest BCUT2D eigenvalue weighted by Gasteiger charge is -2.32. The van der Waals surface area contributed by atoms with Gasteiger partial charge in [-0.25, -0.2) is 5.10 Å². The highest BCUT2D eigenvalue weighted by Crippen LogP contribution is 2.40. The van der Waals surface area contributed by atoms with Gasteiger partial charge in [-0.15, -0.1) is 0 Å². The maximum atomic E-state index is 12.7. The van der Waals surface area contributed by atoms with E-state index in [-0.39, 0.29) is 23.3 Å². The fraction of sp³-hybridized carbons (Fsp3) is 0.407. The van der Waals surface area contributed by atoms with Crippen LogP contribution in [-0.4, -0.2) is 68.4 Å². The molecular formula is C27H31N7O3. The number of nitrogens with two attached hydrogens (primary N) is 1. The van der Waals surface area contributed by atoms with Crippen LogP contribution in [0.5, 0.6) is 0 Å².